The van der Waals surface area contributed by atoms with Gasteiger partial charge in [-0.1, -0.05) is 18.2 Å². The van der Waals surface area contributed by atoms with E-state index in [0.29, 0.717) is 28.6 Å². The summed E-state index contributed by atoms with van der Waals surface area (Å²) in [5.74, 6) is 0.175. The van der Waals surface area contributed by atoms with Crippen LogP contribution in [0.3, 0.4) is 0 Å². The van der Waals surface area contributed by atoms with Crippen molar-refractivity contribution >= 4 is 45.8 Å². The van der Waals surface area contributed by atoms with Crippen LogP contribution in [0.2, 0.25) is 0 Å². The number of nitrogens with zero attached hydrogens (tertiary/aromatic N) is 2. The number of hydrogen-bond donors (Lipinski definition) is 4. The lowest BCUT2D eigenvalue weighted by molar-refractivity contribution is -0.115. The van der Waals surface area contributed by atoms with Gasteiger partial charge in [0.15, 0.2) is 0 Å². The number of aromatic nitrogens is 3. The average Bonchev–Trinajstić information content (AvgIpc) is 3.39. The number of nitrogens with one attached hydrogen (secondary N) is 4. The molecule has 3 aromatic rings. The van der Waals surface area contributed by atoms with Crippen molar-refractivity contribution in [3.05, 3.63) is 58.9 Å². The lowest BCUT2D eigenvalue weighted by Gasteiger charge is -2.29. The first-order chi connectivity index (χ1) is 16.6. The third kappa shape index (κ3) is 5.66. The Balaban J connectivity index is 1.04. The van der Waals surface area contributed by atoms with Crippen LogP contribution in [0, 0.1) is 0 Å². The SMILES string of the molecule is O=C1NC(=O)/C(=C/c2ccnc(NC3CCC(NCCCc4cc5ccccc5[nH]4)CC3)n2)S1. The maximum absolute atomic E-state index is 11.7. The number of carbonyl (C=O) groups is 2. The molecule has 2 amide bonds. The van der Waals surface area contributed by atoms with E-state index in [1.54, 1.807) is 18.3 Å². The number of hydrogen-bond acceptors (Lipinski definition) is 7. The van der Waals surface area contributed by atoms with Gasteiger partial charge in [0.25, 0.3) is 11.1 Å². The number of H-pyrrole nitrogens is 1. The van der Waals surface area contributed by atoms with Crippen molar-refractivity contribution in [2.75, 3.05) is 11.9 Å². The summed E-state index contributed by atoms with van der Waals surface area (Å²) in [7, 11) is 0. The molecule has 5 rings (SSSR count). The van der Waals surface area contributed by atoms with E-state index in [1.165, 1.54) is 16.6 Å². The van der Waals surface area contributed by atoms with Crippen molar-refractivity contribution in [2.24, 2.45) is 0 Å². The number of benzene rings is 1. The first kappa shape index (κ1) is 22.6. The number of para-hydroxylation sites is 1. The summed E-state index contributed by atoms with van der Waals surface area (Å²) in [6.07, 6.45) is 9.80. The Labute approximate surface area is 202 Å². The van der Waals surface area contributed by atoms with E-state index < -0.39 is 0 Å². The first-order valence-corrected chi connectivity index (χ1v) is 12.6. The molecule has 1 aromatic carbocycles. The Morgan fingerprint density at radius 2 is 1.91 bits per heavy atom. The quantitative estimate of drug-likeness (QED) is 0.284. The Bertz CT molecular complexity index is 1180. The number of thioether (sulfide) groups is 1. The van der Waals surface area contributed by atoms with E-state index in [0.717, 1.165) is 56.8 Å². The maximum Gasteiger partial charge on any atom is 0.290 e. The fourth-order valence-electron chi connectivity index (χ4n) is 4.56. The molecule has 1 aliphatic heterocycles. The molecule has 34 heavy (non-hydrogen) atoms. The smallest absolute Gasteiger partial charge is 0.290 e. The van der Waals surface area contributed by atoms with Gasteiger partial charge in [-0.25, -0.2) is 9.97 Å². The van der Waals surface area contributed by atoms with Crippen molar-refractivity contribution in [3.8, 4) is 0 Å². The predicted octanol–water partition coefficient (Wildman–Crippen LogP) is 4.23. The second kappa shape index (κ2) is 10.4. The third-order valence-electron chi connectivity index (χ3n) is 6.30. The Hall–Kier alpha value is -3.17. The van der Waals surface area contributed by atoms with Crippen LogP contribution in [0.1, 0.15) is 43.5 Å². The van der Waals surface area contributed by atoms with E-state index in [2.05, 4.69) is 61.2 Å². The summed E-state index contributed by atoms with van der Waals surface area (Å²) >= 11 is 0.890. The molecule has 0 atom stereocenters. The molecule has 2 aromatic heterocycles. The van der Waals surface area contributed by atoms with Crippen LogP contribution in [-0.4, -0.2) is 44.7 Å². The number of anilines is 1. The van der Waals surface area contributed by atoms with Crippen molar-refractivity contribution in [1.82, 2.24) is 25.6 Å². The molecule has 8 nitrogen and oxygen atoms in total. The van der Waals surface area contributed by atoms with Crippen LogP contribution in [0.15, 0.2) is 47.5 Å². The van der Waals surface area contributed by atoms with Crippen LogP contribution < -0.4 is 16.0 Å². The topological polar surface area (TPSA) is 112 Å². The van der Waals surface area contributed by atoms with Gasteiger partial charge in [0, 0.05) is 29.5 Å². The van der Waals surface area contributed by atoms with Crippen molar-refractivity contribution in [3.63, 3.8) is 0 Å². The molecule has 0 unspecified atom stereocenters. The molecule has 4 N–H and O–H groups in total. The zero-order valence-electron chi connectivity index (χ0n) is 18.8. The number of imide groups is 1. The molecule has 9 heteroatoms. The minimum Gasteiger partial charge on any atom is -0.358 e. The van der Waals surface area contributed by atoms with Crippen LogP contribution in [0.5, 0.6) is 0 Å². The van der Waals surface area contributed by atoms with Gasteiger partial charge in [0.1, 0.15) is 0 Å². The highest BCUT2D eigenvalue weighted by atomic mass is 32.2. The van der Waals surface area contributed by atoms with Crippen LogP contribution >= 0.6 is 11.8 Å². The summed E-state index contributed by atoms with van der Waals surface area (Å²) in [6.45, 7) is 1.02. The van der Waals surface area contributed by atoms with Gasteiger partial charge in [-0.3, -0.25) is 14.9 Å². The molecule has 1 saturated carbocycles. The molecule has 0 radical (unpaired) electrons. The monoisotopic (exact) mass is 476 g/mol. The molecule has 0 bridgehead atoms. The molecule has 1 aliphatic carbocycles. The Morgan fingerprint density at radius 1 is 1.09 bits per heavy atom. The van der Waals surface area contributed by atoms with E-state index in [1.807, 2.05) is 0 Å². The first-order valence-electron chi connectivity index (χ1n) is 11.8. The zero-order chi connectivity index (χ0) is 23.3. The highest BCUT2D eigenvalue weighted by Gasteiger charge is 2.25. The Morgan fingerprint density at radius 3 is 2.71 bits per heavy atom. The largest absolute Gasteiger partial charge is 0.358 e. The summed E-state index contributed by atoms with van der Waals surface area (Å²) in [4.78, 5) is 35.7. The zero-order valence-corrected chi connectivity index (χ0v) is 19.7. The van der Waals surface area contributed by atoms with Gasteiger partial charge in [-0.15, -0.1) is 0 Å². The van der Waals surface area contributed by atoms with Crippen LogP contribution in [0.4, 0.5) is 10.7 Å². The maximum atomic E-state index is 11.7. The second-order valence-corrected chi connectivity index (χ2v) is 9.80. The molecule has 2 aliphatic rings. The predicted molar refractivity (Wildman–Crippen MR) is 135 cm³/mol. The van der Waals surface area contributed by atoms with Crippen LogP contribution in [0.25, 0.3) is 17.0 Å². The highest BCUT2D eigenvalue weighted by molar-refractivity contribution is 8.18. The molecule has 0 spiro atoms. The van der Waals surface area contributed by atoms with Crippen molar-refractivity contribution < 1.29 is 9.59 Å². The van der Waals surface area contributed by atoms with Crippen molar-refractivity contribution in [2.45, 2.75) is 50.6 Å². The number of carbonyl (C=O) groups excluding carboxylic acids is 2. The number of aryl methyl sites for hydroxylation is 1. The number of amides is 2. The minimum atomic E-state index is -0.379. The molecule has 3 heterocycles. The van der Waals surface area contributed by atoms with Crippen LogP contribution in [-0.2, 0) is 11.2 Å². The lowest BCUT2D eigenvalue weighted by Crippen LogP contribution is -2.37. The molecular formula is C25H28N6O2S. The van der Waals surface area contributed by atoms with Crippen molar-refractivity contribution in [1.29, 1.82) is 0 Å². The minimum absolute atomic E-state index is 0.332. The standard InChI is InChI=1S/C25H28N6O2S/c32-23-22(34-25(33)31-23)15-20-11-13-27-24(30-20)29-18-9-7-17(8-10-18)26-12-3-5-19-14-16-4-1-2-6-21(16)28-19/h1-2,4,6,11,13-15,17-18,26,28H,3,5,7-10,12H2,(H,27,29,30)(H,31,32,33)/b22-15-. The average molecular weight is 477 g/mol. The highest BCUT2D eigenvalue weighted by Crippen LogP contribution is 2.26. The molecular weight excluding hydrogens is 448 g/mol. The van der Waals surface area contributed by atoms with E-state index in [9.17, 15) is 9.59 Å². The second-order valence-electron chi connectivity index (χ2n) is 8.79. The molecule has 2 fully saturated rings. The fourth-order valence-corrected chi connectivity index (χ4v) is 5.22. The molecule has 176 valence electrons. The van der Waals surface area contributed by atoms with Gasteiger partial charge in [-0.05, 0) is 86.5 Å². The van der Waals surface area contributed by atoms with E-state index >= 15 is 0 Å². The van der Waals surface area contributed by atoms with Gasteiger partial charge in [-0.2, -0.15) is 0 Å². The number of rotatable bonds is 8. The summed E-state index contributed by atoms with van der Waals surface area (Å²) in [5, 5.41) is 10.3. The van der Waals surface area contributed by atoms with Gasteiger partial charge in [0.2, 0.25) is 5.95 Å². The summed E-state index contributed by atoms with van der Waals surface area (Å²) in [5.41, 5.74) is 3.11. The summed E-state index contributed by atoms with van der Waals surface area (Å²) in [6, 6.07) is 13.3. The number of aromatic amines is 1. The number of fused-ring (bicyclic) bond motifs is 1. The normalized spacial score (nSPS) is 21.8. The molecule has 1 saturated heterocycles. The van der Waals surface area contributed by atoms with Gasteiger partial charge < -0.3 is 15.6 Å². The summed E-state index contributed by atoms with van der Waals surface area (Å²) < 4.78 is 0. The van der Waals surface area contributed by atoms with E-state index in [-0.39, 0.29) is 11.1 Å². The fraction of sp³-hybridized carbons (Fsp3) is 0.360. The lowest BCUT2D eigenvalue weighted by atomic mass is 9.91. The Kier molecular flexibility index (Phi) is 6.92. The van der Waals surface area contributed by atoms with Gasteiger partial charge >= 0.3 is 0 Å². The van der Waals surface area contributed by atoms with E-state index in [4.69, 9.17) is 0 Å². The third-order valence-corrected chi connectivity index (χ3v) is 7.11. The van der Waals surface area contributed by atoms with Gasteiger partial charge in [0.05, 0.1) is 10.6 Å².